The number of methoxy groups -OCH3 is 1. The number of carbonyl (C=O) groups excluding carboxylic acids is 1. The summed E-state index contributed by atoms with van der Waals surface area (Å²) in [5.41, 5.74) is 1.29. The Labute approximate surface area is 130 Å². The van der Waals surface area contributed by atoms with Crippen LogP contribution in [0.1, 0.15) is 44.9 Å². The van der Waals surface area contributed by atoms with Crippen molar-refractivity contribution in [3.63, 3.8) is 0 Å². The Morgan fingerprint density at radius 3 is 2.91 bits per heavy atom. The second-order valence-corrected chi connectivity index (χ2v) is 7.47. The number of aromatic nitrogens is 1. The molecule has 3 bridgehead atoms. The zero-order chi connectivity index (χ0) is 15.2. The fourth-order valence-corrected chi connectivity index (χ4v) is 5.28. The molecule has 4 fully saturated rings. The van der Waals surface area contributed by atoms with Crippen LogP contribution >= 0.6 is 0 Å². The zero-order valence-corrected chi connectivity index (χ0v) is 13.0. The molecule has 1 unspecified atom stereocenters. The monoisotopic (exact) mass is 301 g/mol. The van der Waals surface area contributed by atoms with E-state index in [1.807, 2.05) is 0 Å². The van der Waals surface area contributed by atoms with Gasteiger partial charge in [0.25, 0.3) is 0 Å². The number of urea groups is 1. The predicted octanol–water partition coefficient (Wildman–Crippen LogP) is 3.32. The Hall–Kier alpha value is -1.78. The van der Waals surface area contributed by atoms with E-state index in [-0.39, 0.29) is 11.6 Å². The van der Waals surface area contributed by atoms with Gasteiger partial charge in [0.1, 0.15) is 0 Å². The Morgan fingerprint density at radius 1 is 1.36 bits per heavy atom. The molecule has 2 amide bonds. The second kappa shape index (κ2) is 4.86. The van der Waals surface area contributed by atoms with Gasteiger partial charge in [-0.05, 0) is 49.5 Å². The molecule has 0 saturated heterocycles. The van der Waals surface area contributed by atoms with Crippen LogP contribution in [-0.4, -0.2) is 23.7 Å². The van der Waals surface area contributed by atoms with Gasteiger partial charge in [-0.3, -0.25) is 0 Å². The number of nitrogens with one attached hydrogen (secondary N) is 2. The van der Waals surface area contributed by atoms with Crippen LogP contribution < -0.4 is 15.4 Å². The first-order valence-electron chi connectivity index (χ1n) is 8.20. The summed E-state index contributed by atoms with van der Waals surface area (Å²) in [6.07, 6.45) is 10.6. The average molecular weight is 301 g/mol. The molecule has 1 spiro atoms. The molecule has 1 heterocycles. The molecule has 0 aliphatic heterocycles. The first-order chi connectivity index (χ1) is 10.6. The van der Waals surface area contributed by atoms with Crippen molar-refractivity contribution >= 4 is 11.7 Å². The maximum Gasteiger partial charge on any atom is 0.319 e. The fraction of sp³-hybridized carbons (Fsp3) is 0.647. The Morgan fingerprint density at radius 2 is 2.23 bits per heavy atom. The molecule has 5 heteroatoms. The van der Waals surface area contributed by atoms with Crippen LogP contribution in [0.25, 0.3) is 0 Å². The van der Waals surface area contributed by atoms with Gasteiger partial charge in [-0.25, -0.2) is 9.78 Å². The van der Waals surface area contributed by atoms with E-state index in [2.05, 4.69) is 15.6 Å². The first-order valence-corrected chi connectivity index (χ1v) is 8.20. The summed E-state index contributed by atoms with van der Waals surface area (Å²) in [6.45, 7) is 0. The van der Waals surface area contributed by atoms with Crippen LogP contribution in [0.2, 0.25) is 0 Å². The first kappa shape index (κ1) is 13.9. The molecule has 118 valence electrons. The summed E-state index contributed by atoms with van der Waals surface area (Å²) < 4.78 is 5.02. The van der Waals surface area contributed by atoms with Crippen LogP contribution in [0.3, 0.4) is 0 Å². The molecule has 1 aromatic rings. The van der Waals surface area contributed by atoms with E-state index in [0.717, 1.165) is 12.3 Å². The quantitative estimate of drug-likeness (QED) is 0.900. The normalized spacial score (nSPS) is 35.2. The predicted molar refractivity (Wildman–Crippen MR) is 83.9 cm³/mol. The van der Waals surface area contributed by atoms with Gasteiger partial charge in [0.15, 0.2) is 0 Å². The highest BCUT2D eigenvalue weighted by molar-refractivity contribution is 5.89. The van der Waals surface area contributed by atoms with E-state index < -0.39 is 0 Å². The highest BCUT2D eigenvalue weighted by Gasteiger charge is 2.61. The third kappa shape index (κ3) is 2.32. The van der Waals surface area contributed by atoms with Gasteiger partial charge in [-0.15, -0.1) is 0 Å². The van der Waals surface area contributed by atoms with Crippen LogP contribution in [0.15, 0.2) is 18.3 Å². The summed E-state index contributed by atoms with van der Waals surface area (Å²) in [6, 6.07) is 3.44. The van der Waals surface area contributed by atoms with Gasteiger partial charge in [0.2, 0.25) is 5.88 Å². The fourth-order valence-electron chi connectivity index (χ4n) is 5.28. The van der Waals surface area contributed by atoms with E-state index in [9.17, 15) is 4.79 Å². The highest BCUT2D eigenvalue weighted by atomic mass is 16.5. The third-order valence-corrected chi connectivity index (χ3v) is 5.73. The van der Waals surface area contributed by atoms with Crippen molar-refractivity contribution < 1.29 is 9.53 Å². The van der Waals surface area contributed by atoms with E-state index in [0.29, 0.717) is 17.0 Å². The molecule has 4 aliphatic rings. The lowest BCUT2D eigenvalue weighted by molar-refractivity contribution is -0.102. The molecule has 5 rings (SSSR count). The van der Waals surface area contributed by atoms with Crippen molar-refractivity contribution in [3.8, 4) is 5.88 Å². The molecule has 4 saturated carbocycles. The number of nitrogens with zero attached hydrogens (tertiary/aromatic N) is 1. The minimum absolute atomic E-state index is 0.0489. The molecule has 1 atom stereocenters. The topological polar surface area (TPSA) is 63.2 Å². The Kier molecular flexibility index (Phi) is 3.06. The number of amides is 2. The largest absolute Gasteiger partial charge is 0.481 e. The molecule has 0 radical (unpaired) electrons. The standard InChI is InChI=1S/C17H23N3O2/c1-22-14-5-4-13(9-18-14)19-15(21)20-17-8-12-3-2-6-16(7-12,10-17)11-17/h4-5,9,12H,2-3,6-8,10-11H2,1H3,(H2,19,20,21). The van der Waals surface area contributed by atoms with Gasteiger partial charge in [-0.2, -0.15) is 0 Å². The second-order valence-electron chi connectivity index (χ2n) is 7.47. The SMILES string of the molecule is COc1ccc(NC(=O)NC23CC4CCCC(C4)(C2)C3)cn1. The molecule has 2 N–H and O–H groups in total. The summed E-state index contributed by atoms with van der Waals surface area (Å²) >= 11 is 0. The van der Waals surface area contributed by atoms with Crippen molar-refractivity contribution in [1.29, 1.82) is 0 Å². The van der Waals surface area contributed by atoms with Crippen molar-refractivity contribution in [2.24, 2.45) is 11.3 Å². The van der Waals surface area contributed by atoms with E-state index in [4.69, 9.17) is 4.74 Å². The van der Waals surface area contributed by atoms with Gasteiger partial charge in [0, 0.05) is 11.6 Å². The minimum Gasteiger partial charge on any atom is -0.481 e. The van der Waals surface area contributed by atoms with E-state index >= 15 is 0 Å². The van der Waals surface area contributed by atoms with Crippen molar-refractivity contribution in [1.82, 2.24) is 10.3 Å². The highest BCUT2D eigenvalue weighted by Crippen LogP contribution is 2.65. The van der Waals surface area contributed by atoms with Crippen molar-refractivity contribution in [2.75, 3.05) is 12.4 Å². The van der Waals surface area contributed by atoms with Crippen LogP contribution in [0.5, 0.6) is 5.88 Å². The summed E-state index contributed by atoms with van der Waals surface area (Å²) in [4.78, 5) is 16.4. The lowest BCUT2D eigenvalue weighted by Gasteiger charge is -2.65. The Balaban J connectivity index is 1.38. The van der Waals surface area contributed by atoms with Crippen molar-refractivity contribution in [2.45, 2.75) is 50.5 Å². The van der Waals surface area contributed by atoms with Crippen LogP contribution in [-0.2, 0) is 0 Å². The van der Waals surface area contributed by atoms with E-state index in [1.54, 1.807) is 25.4 Å². The average Bonchev–Trinajstić information content (AvgIpc) is 2.46. The van der Waals surface area contributed by atoms with Gasteiger partial charge in [0.05, 0.1) is 19.0 Å². The van der Waals surface area contributed by atoms with Crippen LogP contribution in [0.4, 0.5) is 10.5 Å². The zero-order valence-electron chi connectivity index (χ0n) is 13.0. The number of anilines is 1. The van der Waals surface area contributed by atoms with Crippen LogP contribution in [0, 0.1) is 11.3 Å². The number of carbonyl (C=O) groups is 1. The molecule has 5 nitrogen and oxygen atoms in total. The van der Waals surface area contributed by atoms with E-state index in [1.165, 1.54) is 38.5 Å². The third-order valence-electron chi connectivity index (χ3n) is 5.73. The molecule has 1 aromatic heterocycles. The summed E-state index contributed by atoms with van der Waals surface area (Å²) in [7, 11) is 1.58. The number of pyridine rings is 1. The number of rotatable bonds is 3. The number of hydrogen-bond acceptors (Lipinski definition) is 3. The Bertz CT molecular complexity index is 573. The number of ether oxygens (including phenoxy) is 1. The maximum atomic E-state index is 12.3. The lowest BCUT2D eigenvalue weighted by Crippen LogP contribution is -2.67. The smallest absolute Gasteiger partial charge is 0.319 e. The molecule has 4 aliphatic carbocycles. The van der Waals surface area contributed by atoms with Gasteiger partial charge >= 0.3 is 6.03 Å². The summed E-state index contributed by atoms with van der Waals surface area (Å²) in [5, 5.41) is 6.14. The minimum atomic E-state index is -0.109. The maximum absolute atomic E-state index is 12.3. The molecule has 22 heavy (non-hydrogen) atoms. The van der Waals surface area contributed by atoms with Gasteiger partial charge in [-0.1, -0.05) is 12.8 Å². The molecular weight excluding hydrogens is 278 g/mol. The lowest BCUT2D eigenvalue weighted by atomic mass is 9.43. The van der Waals surface area contributed by atoms with Crippen molar-refractivity contribution in [3.05, 3.63) is 18.3 Å². The summed E-state index contributed by atoms with van der Waals surface area (Å²) in [5.74, 6) is 1.37. The number of hydrogen-bond donors (Lipinski definition) is 2. The molecule has 0 aromatic carbocycles. The van der Waals surface area contributed by atoms with Gasteiger partial charge < -0.3 is 15.4 Å². The molecular formula is C17H23N3O2.